The Morgan fingerprint density at radius 1 is 1.00 bits per heavy atom. The van der Waals surface area contributed by atoms with E-state index in [0.717, 1.165) is 75.8 Å². The molecule has 0 saturated carbocycles. The maximum Gasteiger partial charge on any atom is 0.257 e. The molecule has 1 amide bonds. The molecular formula is C28H36FN7O3. The molecule has 5 aliphatic heterocycles. The van der Waals surface area contributed by atoms with E-state index in [1.54, 1.807) is 18.0 Å². The number of hydrogen-bond donors (Lipinski definition) is 1. The van der Waals surface area contributed by atoms with Crippen molar-refractivity contribution in [2.75, 3.05) is 92.7 Å². The number of carbonyl (C=O) groups excluding carboxylic acids is 1. The molecule has 6 heterocycles. The third-order valence-electron chi connectivity index (χ3n) is 9.60. The highest BCUT2D eigenvalue weighted by atomic mass is 19.1. The summed E-state index contributed by atoms with van der Waals surface area (Å²) in [5.41, 5.74) is 1.79. The van der Waals surface area contributed by atoms with Gasteiger partial charge in [-0.2, -0.15) is 4.98 Å². The SMILES string of the molecule is CN1CCCc2c1nc(N1CCC3(CC1)C(=O)N(C)c1cc(N4CCN(C5COC5)CC4)cc(F)c13)[nH]c2=O. The van der Waals surface area contributed by atoms with E-state index < -0.39 is 5.41 Å². The zero-order valence-corrected chi connectivity index (χ0v) is 22.7. The van der Waals surface area contributed by atoms with Crippen LogP contribution in [-0.4, -0.2) is 99.9 Å². The first-order chi connectivity index (χ1) is 18.9. The molecule has 1 aromatic carbocycles. The van der Waals surface area contributed by atoms with Crippen LogP contribution in [0, 0.1) is 5.82 Å². The smallest absolute Gasteiger partial charge is 0.257 e. The summed E-state index contributed by atoms with van der Waals surface area (Å²) < 4.78 is 21.3. The van der Waals surface area contributed by atoms with E-state index in [9.17, 15) is 9.59 Å². The Morgan fingerprint density at radius 2 is 1.74 bits per heavy atom. The highest BCUT2D eigenvalue weighted by Crippen LogP contribution is 2.50. The summed E-state index contributed by atoms with van der Waals surface area (Å²) in [5, 5.41) is 0. The Balaban J connectivity index is 1.12. The first-order valence-corrected chi connectivity index (χ1v) is 14.1. The minimum absolute atomic E-state index is 0.0466. The number of anilines is 4. The van der Waals surface area contributed by atoms with E-state index in [2.05, 4.69) is 14.8 Å². The summed E-state index contributed by atoms with van der Waals surface area (Å²) in [6.07, 6.45) is 2.61. The largest absolute Gasteiger partial charge is 0.378 e. The average molecular weight is 538 g/mol. The van der Waals surface area contributed by atoms with E-state index in [1.807, 2.05) is 22.9 Å². The lowest BCUT2D eigenvalue weighted by molar-refractivity contribution is -0.123. The molecule has 1 aromatic heterocycles. The molecule has 3 saturated heterocycles. The fraction of sp³-hybridized carbons (Fsp3) is 0.607. The van der Waals surface area contributed by atoms with Crippen molar-refractivity contribution in [1.82, 2.24) is 14.9 Å². The number of amides is 1. The number of piperidine rings is 1. The van der Waals surface area contributed by atoms with E-state index in [0.29, 0.717) is 49.2 Å². The topological polar surface area (TPSA) is 88.2 Å². The summed E-state index contributed by atoms with van der Waals surface area (Å²) in [5.74, 6) is 0.924. The van der Waals surface area contributed by atoms with Crippen LogP contribution in [0.1, 0.15) is 30.4 Å². The highest BCUT2D eigenvalue weighted by Gasteiger charge is 2.53. The maximum absolute atomic E-state index is 15.9. The zero-order valence-electron chi connectivity index (χ0n) is 22.7. The van der Waals surface area contributed by atoms with Crippen LogP contribution in [0.25, 0.3) is 0 Å². The molecule has 10 nitrogen and oxygen atoms in total. The number of nitrogens with zero attached hydrogens (tertiary/aromatic N) is 6. The standard InChI is InChI=1S/C28H36FN7O3/c1-32-7-3-4-20-24(32)30-27(31-25(20)37)36-8-5-28(6-9-36)23-21(29)14-18(15-22(23)33(2)26(28)38)34-10-12-35(13-11-34)19-16-39-17-19/h14-15,19H,3-13,16-17H2,1-2H3,(H,30,31,37). The third-order valence-corrected chi connectivity index (χ3v) is 9.60. The molecule has 1 spiro atoms. The van der Waals surface area contributed by atoms with Crippen LogP contribution in [0.2, 0.25) is 0 Å². The first-order valence-electron chi connectivity index (χ1n) is 14.1. The second kappa shape index (κ2) is 9.19. The van der Waals surface area contributed by atoms with Gasteiger partial charge < -0.3 is 24.3 Å². The third kappa shape index (κ3) is 3.84. The molecular weight excluding hydrogens is 501 g/mol. The van der Waals surface area contributed by atoms with Gasteiger partial charge >= 0.3 is 0 Å². The molecule has 0 unspecified atom stereocenters. The van der Waals surface area contributed by atoms with Gasteiger partial charge in [0, 0.05) is 71.2 Å². The van der Waals surface area contributed by atoms with Crippen LogP contribution in [0.15, 0.2) is 16.9 Å². The summed E-state index contributed by atoms with van der Waals surface area (Å²) in [7, 11) is 3.72. The van der Waals surface area contributed by atoms with Crippen molar-refractivity contribution in [1.29, 1.82) is 0 Å². The number of aromatic amines is 1. The number of hydrogen-bond acceptors (Lipinski definition) is 8. The number of halogens is 1. The van der Waals surface area contributed by atoms with E-state index in [1.165, 1.54) is 0 Å². The van der Waals surface area contributed by atoms with Crippen LogP contribution < -0.4 is 25.2 Å². The summed E-state index contributed by atoms with van der Waals surface area (Å²) in [6.45, 7) is 7.01. The Morgan fingerprint density at radius 3 is 2.44 bits per heavy atom. The fourth-order valence-electron chi connectivity index (χ4n) is 7.14. The number of aromatic nitrogens is 2. The second-order valence-corrected chi connectivity index (χ2v) is 11.7. The minimum Gasteiger partial charge on any atom is -0.378 e. The van der Waals surface area contributed by atoms with Crippen molar-refractivity contribution in [2.45, 2.75) is 37.1 Å². The van der Waals surface area contributed by atoms with Crippen LogP contribution >= 0.6 is 0 Å². The van der Waals surface area contributed by atoms with Gasteiger partial charge in [-0.25, -0.2) is 4.39 Å². The van der Waals surface area contributed by atoms with E-state index >= 15 is 4.39 Å². The minimum atomic E-state index is -0.891. The molecule has 7 rings (SSSR count). The summed E-state index contributed by atoms with van der Waals surface area (Å²) in [6, 6.07) is 4.13. The number of fused-ring (bicyclic) bond motifs is 3. The number of carbonyl (C=O) groups is 1. The van der Waals surface area contributed by atoms with E-state index in [4.69, 9.17) is 9.72 Å². The molecule has 3 fully saturated rings. The lowest BCUT2D eigenvalue weighted by atomic mass is 9.73. The number of ether oxygens (including phenoxy) is 1. The van der Waals surface area contributed by atoms with Crippen molar-refractivity contribution in [3.05, 3.63) is 39.4 Å². The number of rotatable bonds is 3. The van der Waals surface area contributed by atoms with Gasteiger partial charge in [-0.15, -0.1) is 0 Å². The maximum atomic E-state index is 15.9. The van der Waals surface area contributed by atoms with E-state index in [-0.39, 0.29) is 17.3 Å². The monoisotopic (exact) mass is 537 g/mol. The normalized spacial score (nSPS) is 23.3. The van der Waals surface area contributed by atoms with Crippen molar-refractivity contribution in [3.63, 3.8) is 0 Å². The van der Waals surface area contributed by atoms with Crippen LogP contribution in [0.4, 0.5) is 27.5 Å². The van der Waals surface area contributed by atoms with Crippen molar-refractivity contribution in [2.24, 2.45) is 0 Å². The van der Waals surface area contributed by atoms with Crippen molar-refractivity contribution in [3.8, 4) is 0 Å². The molecule has 39 heavy (non-hydrogen) atoms. The number of likely N-dealkylation sites (N-methyl/N-ethyl adjacent to an activating group) is 1. The Bertz CT molecular complexity index is 1360. The van der Waals surface area contributed by atoms with Crippen LogP contribution in [0.5, 0.6) is 0 Å². The molecule has 0 radical (unpaired) electrons. The molecule has 11 heteroatoms. The number of benzene rings is 1. The lowest BCUT2D eigenvalue weighted by Gasteiger charge is -2.43. The van der Waals surface area contributed by atoms with Crippen LogP contribution in [-0.2, 0) is 21.4 Å². The molecule has 0 bridgehead atoms. The van der Waals surface area contributed by atoms with Gasteiger partial charge in [0.15, 0.2) is 0 Å². The second-order valence-electron chi connectivity index (χ2n) is 11.7. The Kier molecular flexibility index (Phi) is 5.85. The molecule has 2 aromatic rings. The van der Waals surface area contributed by atoms with Crippen molar-refractivity contribution >= 4 is 29.0 Å². The molecule has 208 valence electrons. The Hall–Kier alpha value is -3.18. The predicted octanol–water partition coefficient (Wildman–Crippen LogP) is 1.33. The Labute approximate surface area is 227 Å². The number of piperazine rings is 1. The molecule has 0 atom stereocenters. The quantitative estimate of drug-likeness (QED) is 0.628. The fourth-order valence-corrected chi connectivity index (χ4v) is 7.14. The van der Waals surface area contributed by atoms with Gasteiger partial charge in [-0.3, -0.25) is 19.5 Å². The first kappa shape index (κ1) is 24.8. The van der Waals surface area contributed by atoms with Crippen molar-refractivity contribution < 1.29 is 13.9 Å². The predicted molar refractivity (Wildman–Crippen MR) is 148 cm³/mol. The average Bonchev–Trinajstić information content (AvgIpc) is 3.11. The zero-order chi connectivity index (χ0) is 26.9. The van der Waals surface area contributed by atoms with Gasteiger partial charge in [-0.05, 0) is 37.8 Å². The number of nitrogens with one attached hydrogen (secondary N) is 1. The highest BCUT2D eigenvalue weighted by molar-refractivity contribution is 6.08. The van der Waals surface area contributed by atoms with Gasteiger partial charge in [-0.1, -0.05) is 0 Å². The lowest BCUT2D eigenvalue weighted by Crippen LogP contribution is -2.56. The molecule has 0 aliphatic carbocycles. The molecule has 1 N–H and O–H groups in total. The van der Waals surface area contributed by atoms with Gasteiger partial charge in [0.2, 0.25) is 11.9 Å². The van der Waals surface area contributed by atoms with Gasteiger partial charge in [0.1, 0.15) is 11.6 Å². The summed E-state index contributed by atoms with van der Waals surface area (Å²) in [4.78, 5) is 44.6. The van der Waals surface area contributed by atoms with Crippen LogP contribution in [0.3, 0.4) is 0 Å². The number of H-pyrrole nitrogens is 1. The van der Waals surface area contributed by atoms with Gasteiger partial charge in [0.05, 0.1) is 35.9 Å². The summed E-state index contributed by atoms with van der Waals surface area (Å²) >= 11 is 0. The van der Waals surface area contributed by atoms with Gasteiger partial charge in [0.25, 0.3) is 5.56 Å². The molecule has 5 aliphatic rings.